The number of nitrogens with one attached hydrogen (secondary N) is 1. The predicted molar refractivity (Wildman–Crippen MR) is 103 cm³/mol. The highest BCUT2D eigenvalue weighted by atomic mass is 19.1. The van der Waals surface area contributed by atoms with Crippen LogP contribution in [0.3, 0.4) is 0 Å². The minimum absolute atomic E-state index is 0.132. The van der Waals surface area contributed by atoms with E-state index in [0.29, 0.717) is 5.56 Å². The van der Waals surface area contributed by atoms with Gasteiger partial charge in [-0.3, -0.25) is 15.1 Å². The number of pyridine rings is 1. The number of nitrogens with zero attached hydrogens (tertiary/aromatic N) is 2. The predicted octanol–water partition coefficient (Wildman–Crippen LogP) is 3.46. The number of guanidine groups is 1. The molecule has 1 aliphatic rings. The molecule has 1 aromatic heterocycles. The standard InChI is InChI=1S/C18H19FN4O2.C2H6/c1-23(18(20)21)17(25)15(10-5-6-10)12-4-2-3-11(7-12)14-8-13(24)9-22-16(14)19;1-2/h2-4,7-10,15,24H,5-6H2,1H3,(H3,20,21);1-2H3. The van der Waals surface area contributed by atoms with Crippen LogP contribution in [0.1, 0.15) is 38.2 Å². The SMILES string of the molecule is CC.CN(C(=N)N)C(=O)C(c1cccc(-c2cc(O)cnc2F)c1)C1CC1. The van der Waals surface area contributed by atoms with Crippen LogP contribution in [0.4, 0.5) is 4.39 Å². The summed E-state index contributed by atoms with van der Waals surface area (Å²) in [6.07, 6.45) is 2.89. The molecule has 2 aromatic rings. The third-order valence-corrected chi connectivity index (χ3v) is 4.43. The van der Waals surface area contributed by atoms with Crippen LogP contribution >= 0.6 is 0 Å². The Balaban J connectivity index is 0.00000126. The van der Waals surface area contributed by atoms with E-state index in [0.717, 1.165) is 29.5 Å². The van der Waals surface area contributed by atoms with Crippen molar-refractivity contribution in [2.45, 2.75) is 32.6 Å². The summed E-state index contributed by atoms with van der Waals surface area (Å²) in [5.41, 5.74) is 6.87. The molecule has 0 bridgehead atoms. The summed E-state index contributed by atoms with van der Waals surface area (Å²) in [6, 6.07) is 8.29. The van der Waals surface area contributed by atoms with Gasteiger partial charge in [0.05, 0.1) is 12.1 Å². The maximum absolute atomic E-state index is 14.0. The maximum Gasteiger partial charge on any atom is 0.236 e. The number of benzene rings is 1. The first-order valence-electron chi connectivity index (χ1n) is 8.95. The summed E-state index contributed by atoms with van der Waals surface area (Å²) in [4.78, 5) is 17.4. The van der Waals surface area contributed by atoms with Gasteiger partial charge in [-0.15, -0.1) is 0 Å². The molecule has 0 radical (unpaired) electrons. The molecule has 4 N–H and O–H groups in total. The topological polar surface area (TPSA) is 103 Å². The molecule has 7 heteroatoms. The van der Waals surface area contributed by atoms with Gasteiger partial charge in [0.25, 0.3) is 0 Å². The van der Waals surface area contributed by atoms with Gasteiger partial charge in [-0.1, -0.05) is 38.1 Å². The summed E-state index contributed by atoms with van der Waals surface area (Å²) >= 11 is 0. The molecule has 0 aliphatic heterocycles. The van der Waals surface area contributed by atoms with Crippen molar-refractivity contribution in [2.75, 3.05) is 7.05 Å². The summed E-state index contributed by atoms with van der Waals surface area (Å²) < 4.78 is 14.0. The summed E-state index contributed by atoms with van der Waals surface area (Å²) in [5, 5.41) is 17.0. The molecule has 1 fully saturated rings. The molecule has 0 spiro atoms. The first-order chi connectivity index (χ1) is 12.9. The number of carbonyl (C=O) groups excluding carboxylic acids is 1. The molecule has 27 heavy (non-hydrogen) atoms. The van der Waals surface area contributed by atoms with Gasteiger partial charge < -0.3 is 10.8 Å². The lowest BCUT2D eigenvalue weighted by atomic mass is 9.90. The Morgan fingerprint density at radius 1 is 1.37 bits per heavy atom. The van der Waals surface area contributed by atoms with Gasteiger partial charge >= 0.3 is 0 Å². The van der Waals surface area contributed by atoms with Crippen LogP contribution < -0.4 is 5.73 Å². The lowest BCUT2D eigenvalue weighted by Gasteiger charge is -2.23. The van der Waals surface area contributed by atoms with Crippen LogP contribution in [0.5, 0.6) is 5.75 Å². The number of rotatable bonds is 4. The number of carbonyl (C=O) groups is 1. The fourth-order valence-corrected chi connectivity index (χ4v) is 2.91. The van der Waals surface area contributed by atoms with E-state index >= 15 is 0 Å². The number of hydrogen-bond donors (Lipinski definition) is 3. The summed E-state index contributed by atoms with van der Waals surface area (Å²) in [6.45, 7) is 4.00. The first-order valence-corrected chi connectivity index (χ1v) is 8.95. The zero-order valence-corrected chi connectivity index (χ0v) is 15.7. The maximum atomic E-state index is 14.0. The van der Waals surface area contributed by atoms with E-state index in [4.69, 9.17) is 11.1 Å². The smallest absolute Gasteiger partial charge is 0.236 e. The molecular formula is C20H25FN4O2. The van der Waals surface area contributed by atoms with E-state index in [2.05, 4.69) is 4.98 Å². The van der Waals surface area contributed by atoms with Crippen LogP contribution in [-0.2, 0) is 4.79 Å². The number of aromatic nitrogens is 1. The van der Waals surface area contributed by atoms with Crippen LogP contribution in [0.15, 0.2) is 36.5 Å². The molecule has 1 unspecified atom stereocenters. The number of nitrogens with two attached hydrogens (primary N) is 1. The number of likely N-dealkylation sites (N-methyl/N-ethyl adjacent to an activating group) is 1. The zero-order chi connectivity index (χ0) is 20.1. The highest BCUT2D eigenvalue weighted by Crippen LogP contribution is 2.44. The fraction of sp³-hybridized carbons (Fsp3) is 0.350. The van der Waals surface area contributed by atoms with Crippen molar-refractivity contribution in [3.8, 4) is 16.9 Å². The normalized spacial score (nSPS) is 13.9. The Bertz CT molecular complexity index is 836. The van der Waals surface area contributed by atoms with Crippen molar-refractivity contribution in [1.29, 1.82) is 5.41 Å². The Labute approximate surface area is 158 Å². The Hall–Kier alpha value is -2.96. The van der Waals surface area contributed by atoms with E-state index < -0.39 is 11.9 Å². The largest absolute Gasteiger partial charge is 0.506 e. The highest BCUT2D eigenvalue weighted by Gasteiger charge is 2.39. The fourth-order valence-electron chi connectivity index (χ4n) is 2.91. The lowest BCUT2D eigenvalue weighted by Crippen LogP contribution is -2.41. The third-order valence-electron chi connectivity index (χ3n) is 4.43. The van der Waals surface area contributed by atoms with E-state index in [-0.39, 0.29) is 29.1 Å². The van der Waals surface area contributed by atoms with Crippen molar-refractivity contribution in [1.82, 2.24) is 9.88 Å². The minimum Gasteiger partial charge on any atom is -0.506 e. The Morgan fingerprint density at radius 3 is 2.63 bits per heavy atom. The Kier molecular flexibility index (Phi) is 6.50. The van der Waals surface area contributed by atoms with Gasteiger partial charge in [0.2, 0.25) is 11.9 Å². The monoisotopic (exact) mass is 372 g/mol. The molecule has 144 valence electrons. The van der Waals surface area contributed by atoms with Gasteiger partial charge in [-0.2, -0.15) is 4.39 Å². The number of amides is 1. The van der Waals surface area contributed by atoms with E-state index in [1.807, 2.05) is 19.9 Å². The van der Waals surface area contributed by atoms with Crippen molar-refractivity contribution < 1.29 is 14.3 Å². The second-order valence-corrected chi connectivity index (χ2v) is 6.25. The van der Waals surface area contributed by atoms with Crippen molar-refractivity contribution in [3.63, 3.8) is 0 Å². The minimum atomic E-state index is -0.690. The summed E-state index contributed by atoms with van der Waals surface area (Å²) in [5.74, 6) is -1.62. The van der Waals surface area contributed by atoms with Gasteiger partial charge in [-0.05, 0) is 36.0 Å². The molecule has 3 rings (SSSR count). The van der Waals surface area contributed by atoms with Crippen molar-refractivity contribution >= 4 is 11.9 Å². The second-order valence-electron chi connectivity index (χ2n) is 6.25. The number of aromatic hydroxyl groups is 1. The van der Waals surface area contributed by atoms with Crippen LogP contribution in [0.2, 0.25) is 0 Å². The highest BCUT2D eigenvalue weighted by molar-refractivity contribution is 5.98. The molecule has 1 atom stereocenters. The average molecular weight is 372 g/mol. The third kappa shape index (κ3) is 4.61. The molecule has 0 saturated heterocycles. The molecule has 1 heterocycles. The zero-order valence-electron chi connectivity index (χ0n) is 15.7. The van der Waals surface area contributed by atoms with Gasteiger partial charge in [0.15, 0.2) is 5.96 Å². The van der Waals surface area contributed by atoms with Crippen LogP contribution in [0.25, 0.3) is 11.1 Å². The van der Waals surface area contributed by atoms with Gasteiger partial charge in [0.1, 0.15) is 5.75 Å². The Morgan fingerprint density at radius 2 is 2.04 bits per heavy atom. The number of hydrogen-bond acceptors (Lipinski definition) is 4. The van der Waals surface area contributed by atoms with Crippen LogP contribution in [-0.4, -0.2) is 33.9 Å². The number of halogens is 1. The quantitative estimate of drug-likeness (QED) is 0.434. The van der Waals surface area contributed by atoms with Crippen molar-refractivity contribution in [2.24, 2.45) is 11.7 Å². The van der Waals surface area contributed by atoms with E-state index in [1.165, 1.54) is 13.1 Å². The molecule has 6 nitrogen and oxygen atoms in total. The van der Waals surface area contributed by atoms with Gasteiger partial charge in [0, 0.05) is 12.6 Å². The summed E-state index contributed by atoms with van der Waals surface area (Å²) in [7, 11) is 1.47. The lowest BCUT2D eigenvalue weighted by molar-refractivity contribution is -0.128. The average Bonchev–Trinajstić information content (AvgIpc) is 3.50. The molecule has 1 aliphatic carbocycles. The molecule has 1 saturated carbocycles. The van der Waals surface area contributed by atoms with Crippen LogP contribution in [0, 0.1) is 17.3 Å². The first kappa shape index (κ1) is 20.4. The molecular weight excluding hydrogens is 347 g/mol. The molecule has 1 aromatic carbocycles. The van der Waals surface area contributed by atoms with Crippen molar-refractivity contribution in [3.05, 3.63) is 48.0 Å². The van der Waals surface area contributed by atoms with E-state index in [9.17, 15) is 14.3 Å². The molecule has 1 amide bonds. The van der Waals surface area contributed by atoms with E-state index in [1.54, 1.807) is 18.2 Å². The van der Waals surface area contributed by atoms with Gasteiger partial charge in [-0.25, -0.2) is 4.98 Å². The second kappa shape index (κ2) is 8.62.